The molecule has 156 valence electrons. The minimum Gasteiger partial charge on any atom is -0.457 e. The average molecular weight is 408 g/mol. The lowest BCUT2D eigenvalue weighted by Gasteiger charge is -2.34. The van der Waals surface area contributed by atoms with Crippen LogP contribution in [0.1, 0.15) is 12.5 Å². The summed E-state index contributed by atoms with van der Waals surface area (Å²) < 4.78 is 48.0. The lowest BCUT2D eigenvalue weighted by molar-refractivity contribution is -0.200. The Hall–Kier alpha value is -2.74. The first-order chi connectivity index (χ1) is 13.8. The van der Waals surface area contributed by atoms with E-state index in [0.717, 1.165) is 24.0 Å². The molecule has 1 heterocycles. The molecule has 8 heteroatoms. The molecule has 1 unspecified atom stereocenters. The highest BCUT2D eigenvalue weighted by Crippen LogP contribution is 2.24. The number of benzene rings is 2. The maximum Gasteiger partial charge on any atom is 0.425 e. The van der Waals surface area contributed by atoms with Crippen LogP contribution in [0.2, 0.25) is 0 Å². The SMILES string of the molecule is CC(OC(=O)N1CCN(Cc2cccc(Oc3ccccc3)c2)CC1)C(F)(F)F. The summed E-state index contributed by atoms with van der Waals surface area (Å²) in [6, 6.07) is 17.2. The lowest BCUT2D eigenvalue weighted by atomic mass is 10.2. The van der Waals surface area contributed by atoms with Crippen LogP contribution < -0.4 is 4.74 Å². The first-order valence-electron chi connectivity index (χ1n) is 9.38. The molecule has 1 atom stereocenters. The van der Waals surface area contributed by atoms with Gasteiger partial charge in [-0.25, -0.2) is 4.79 Å². The zero-order valence-electron chi connectivity index (χ0n) is 16.1. The Morgan fingerprint density at radius 1 is 1.00 bits per heavy atom. The van der Waals surface area contributed by atoms with E-state index in [9.17, 15) is 18.0 Å². The molecule has 1 fully saturated rings. The third-order valence-corrected chi connectivity index (χ3v) is 4.65. The van der Waals surface area contributed by atoms with Crippen molar-refractivity contribution in [2.24, 2.45) is 0 Å². The normalized spacial score (nSPS) is 16.3. The van der Waals surface area contributed by atoms with Crippen LogP contribution in [-0.4, -0.2) is 54.4 Å². The van der Waals surface area contributed by atoms with E-state index in [4.69, 9.17) is 4.74 Å². The second kappa shape index (κ2) is 9.17. The summed E-state index contributed by atoms with van der Waals surface area (Å²) in [7, 11) is 0. The summed E-state index contributed by atoms with van der Waals surface area (Å²) in [6.45, 7) is 3.25. The van der Waals surface area contributed by atoms with Crippen molar-refractivity contribution >= 4 is 6.09 Å². The topological polar surface area (TPSA) is 42.0 Å². The van der Waals surface area contributed by atoms with Crippen molar-refractivity contribution in [2.75, 3.05) is 26.2 Å². The highest BCUT2D eigenvalue weighted by molar-refractivity contribution is 5.68. The molecule has 0 aromatic heterocycles. The molecule has 1 aliphatic rings. The van der Waals surface area contributed by atoms with E-state index in [1.54, 1.807) is 0 Å². The van der Waals surface area contributed by atoms with Crippen molar-refractivity contribution in [1.82, 2.24) is 9.80 Å². The van der Waals surface area contributed by atoms with Crippen LogP contribution in [0.3, 0.4) is 0 Å². The van der Waals surface area contributed by atoms with Gasteiger partial charge >= 0.3 is 12.3 Å². The van der Waals surface area contributed by atoms with Gasteiger partial charge in [0.05, 0.1) is 0 Å². The van der Waals surface area contributed by atoms with Gasteiger partial charge in [-0.05, 0) is 36.8 Å². The Balaban J connectivity index is 1.49. The number of amides is 1. The standard InChI is InChI=1S/C21H23F3N2O3/c1-16(21(22,23)24)28-20(27)26-12-10-25(11-13-26)15-17-6-5-9-19(14-17)29-18-7-3-2-4-8-18/h2-9,14,16H,10-13,15H2,1H3. The Labute approximate surface area is 167 Å². The van der Waals surface area contributed by atoms with Crippen molar-refractivity contribution in [3.05, 3.63) is 60.2 Å². The Bertz CT molecular complexity index is 806. The van der Waals surface area contributed by atoms with Gasteiger partial charge < -0.3 is 14.4 Å². The van der Waals surface area contributed by atoms with Crippen LogP contribution >= 0.6 is 0 Å². The van der Waals surface area contributed by atoms with Gasteiger partial charge in [-0.3, -0.25) is 4.90 Å². The molecule has 1 aliphatic heterocycles. The zero-order valence-corrected chi connectivity index (χ0v) is 16.1. The van der Waals surface area contributed by atoms with Gasteiger partial charge in [-0.1, -0.05) is 30.3 Å². The number of para-hydroxylation sites is 1. The first kappa shape index (κ1) is 21.0. The molecule has 2 aromatic rings. The number of rotatable bonds is 5. The average Bonchev–Trinajstić information content (AvgIpc) is 2.69. The number of hydrogen-bond acceptors (Lipinski definition) is 4. The third kappa shape index (κ3) is 6.12. The summed E-state index contributed by atoms with van der Waals surface area (Å²) in [6.07, 6.45) is -7.59. The van der Waals surface area contributed by atoms with E-state index in [-0.39, 0.29) is 0 Å². The molecule has 3 rings (SSSR count). The second-order valence-electron chi connectivity index (χ2n) is 6.89. The van der Waals surface area contributed by atoms with Crippen molar-refractivity contribution in [2.45, 2.75) is 25.7 Å². The van der Waals surface area contributed by atoms with Gasteiger partial charge in [0.25, 0.3) is 0 Å². The van der Waals surface area contributed by atoms with Gasteiger partial charge in [-0.2, -0.15) is 13.2 Å². The van der Waals surface area contributed by atoms with Gasteiger partial charge in [0.1, 0.15) is 11.5 Å². The van der Waals surface area contributed by atoms with Crippen LogP contribution in [0.15, 0.2) is 54.6 Å². The first-order valence-corrected chi connectivity index (χ1v) is 9.38. The quantitative estimate of drug-likeness (QED) is 0.720. The van der Waals surface area contributed by atoms with Crippen LogP contribution in [0, 0.1) is 0 Å². The summed E-state index contributed by atoms with van der Waals surface area (Å²) in [5, 5.41) is 0. The van der Waals surface area contributed by atoms with Crippen LogP contribution in [0.4, 0.5) is 18.0 Å². The molecule has 0 aliphatic carbocycles. The fourth-order valence-electron chi connectivity index (χ4n) is 2.97. The molecular formula is C21H23F3N2O3. The number of piperazine rings is 1. The number of carbonyl (C=O) groups is 1. The predicted molar refractivity (Wildman–Crippen MR) is 102 cm³/mol. The fourth-order valence-corrected chi connectivity index (χ4v) is 2.97. The summed E-state index contributed by atoms with van der Waals surface area (Å²) >= 11 is 0. The Morgan fingerprint density at radius 3 is 2.31 bits per heavy atom. The maximum absolute atomic E-state index is 12.5. The van der Waals surface area contributed by atoms with Gasteiger partial charge in [0.2, 0.25) is 0 Å². The molecular weight excluding hydrogens is 385 g/mol. The van der Waals surface area contributed by atoms with E-state index in [1.807, 2.05) is 54.6 Å². The molecule has 1 amide bonds. The smallest absolute Gasteiger partial charge is 0.425 e. The molecule has 0 radical (unpaired) electrons. The fraction of sp³-hybridized carbons (Fsp3) is 0.381. The maximum atomic E-state index is 12.5. The van der Waals surface area contributed by atoms with E-state index in [1.165, 1.54) is 4.90 Å². The largest absolute Gasteiger partial charge is 0.457 e. The molecule has 0 saturated carbocycles. The minimum absolute atomic E-state index is 0.323. The van der Waals surface area contributed by atoms with Crippen molar-refractivity contribution in [3.8, 4) is 11.5 Å². The molecule has 0 N–H and O–H groups in total. The Kier molecular flexibility index (Phi) is 6.64. The molecule has 29 heavy (non-hydrogen) atoms. The molecule has 2 aromatic carbocycles. The second-order valence-corrected chi connectivity index (χ2v) is 6.89. The highest BCUT2D eigenvalue weighted by Gasteiger charge is 2.40. The van der Waals surface area contributed by atoms with Crippen molar-refractivity contribution in [1.29, 1.82) is 0 Å². The van der Waals surface area contributed by atoms with Crippen LogP contribution in [0.5, 0.6) is 11.5 Å². The van der Waals surface area contributed by atoms with E-state index >= 15 is 0 Å². The van der Waals surface area contributed by atoms with Gasteiger partial charge in [0.15, 0.2) is 6.10 Å². The molecule has 0 spiro atoms. The number of alkyl halides is 3. The summed E-state index contributed by atoms with van der Waals surface area (Å²) in [5.74, 6) is 1.49. The molecule has 0 bridgehead atoms. The number of carbonyl (C=O) groups excluding carboxylic acids is 1. The number of hydrogen-bond donors (Lipinski definition) is 0. The number of ether oxygens (including phenoxy) is 2. The van der Waals surface area contributed by atoms with E-state index < -0.39 is 18.4 Å². The van der Waals surface area contributed by atoms with Crippen molar-refractivity contribution < 1.29 is 27.4 Å². The third-order valence-electron chi connectivity index (χ3n) is 4.65. The molecule has 5 nitrogen and oxygen atoms in total. The highest BCUT2D eigenvalue weighted by atomic mass is 19.4. The molecule has 1 saturated heterocycles. The van der Waals surface area contributed by atoms with Crippen molar-refractivity contribution in [3.63, 3.8) is 0 Å². The van der Waals surface area contributed by atoms with Crippen LogP contribution in [0.25, 0.3) is 0 Å². The van der Waals surface area contributed by atoms with E-state index in [0.29, 0.717) is 32.7 Å². The predicted octanol–water partition coefficient (Wildman–Crippen LogP) is 4.68. The lowest BCUT2D eigenvalue weighted by Crippen LogP contribution is -2.49. The summed E-state index contributed by atoms with van der Waals surface area (Å²) in [4.78, 5) is 15.4. The summed E-state index contributed by atoms with van der Waals surface area (Å²) in [5.41, 5.74) is 1.06. The van der Waals surface area contributed by atoms with Gasteiger partial charge in [-0.15, -0.1) is 0 Å². The zero-order chi connectivity index (χ0) is 20.9. The number of halogens is 3. The number of nitrogens with zero attached hydrogens (tertiary/aromatic N) is 2. The van der Waals surface area contributed by atoms with Gasteiger partial charge in [0, 0.05) is 32.7 Å². The minimum atomic E-state index is -4.55. The van der Waals surface area contributed by atoms with E-state index in [2.05, 4.69) is 9.64 Å². The Morgan fingerprint density at radius 2 is 1.66 bits per heavy atom. The van der Waals surface area contributed by atoms with Crippen LogP contribution in [-0.2, 0) is 11.3 Å². The monoisotopic (exact) mass is 408 g/mol.